The van der Waals surface area contributed by atoms with Crippen LogP contribution in [-0.2, 0) is 9.47 Å². The number of halogens is 3. The van der Waals surface area contributed by atoms with Gasteiger partial charge in [0.15, 0.2) is 6.29 Å². The van der Waals surface area contributed by atoms with Gasteiger partial charge in [-0.3, -0.25) is 0 Å². The van der Waals surface area contributed by atoms with Crippen molar-refractivity contribution in [3.63, 3.8) is 0 Å². The zero-order chi connectivity index (χ0) is 10.9. The Balaban J connectivity index is 1.82. The van der Waals surface area contributed by atoms with Gasteiger partial charge in [-0.15, -0.1) is 0 Å². The molecule has 0 radical (unpaired) electrons. The van der Waals surface area contributed by atoms with Crippen LogP contribution in [0.2, 0.25) is 0 Å². The minimum Gasteiger partial charge on any atom is -0.340 e. The van der Waals surface area contributed by atoms with E-state index in [4.69, 9.17) is 4.74 Å². The molecule has 2 atom stereocenters. The van der Waals surface area contributed by atoms with Crippen LogP contribution in [0.25, 0.3) is 0 Å². The fourth-order valence-corrected chi connectivity index (χ4v) is 1.28. The van der Waals surface area contributed by atoms with Crippen molar-refractivity contribution in [2.24, 2.45) is 0 Å². The van der Waals surface area contributed by atoms with Gasteiger partial charge in [-0.1, -0.05) is 30.3 Å². The Morgan fingerprint density at radius 3 is 2.47 bits per heavy atom. The molecule has 1 fully saturated rings. The third kappa shape index (κ3) is 2.94. The van der Waals surface area contributed by atoms with Crippen LogP contribution in [0.1, 0.15) is 11.7 Å². The third-order valence-electron chi connectivity index (χ3n) is 1.99. The van der Waals surface area contributed by atoms with Crippen molar-refractivity contribution >= 4 is 0 Å². The van der Waals surface area contributed by atoms with E-state index in [9.17, 15) is 13.2 Å². The summed E-state index contributed by atoms with van der Waals surface area (Å²) in [6.45, 7) is -1.26. The van der Waals surface area contributed by atoms with Gasteiger partial charge in [-0.05, 0) is 5.56 Å². The molecule has 1 aliphatic rings. The van der Waals surface area contributed by atoms with E-state index in [1.54, 1.807) is 24.3 Å². The molecule has 82 valence electrons. The molecule has 0 saturated carbocycles. The van der Waals surface area contributed by atoms with Gasteiger partial charge >= 0.3 is 6.18 Å². The van der Waals surface area contributed by atoms with Gasteiger partial charge in [-0.25, -0.2) is 0 Å². The molecule has 0 aliphatic carbocycles. The summed E-state index contributed by atoms with van der Waals surface area (Å²) in [7, 11) is 0. The van der Waals surface area contributed by atoms with Crippen LogP contribution in [0, 0.1) is 0 Å². The van der Waals surface area contributed by atoms with E-state index >= 15 is 0 Å². The Morgan fingerprint density at radius 2 is 1.87 bits per heavy atom. The van der Waals surface area contributed by atoms with Crippen molar-refractivity contribution in [3.8, 4) is 0 Å². The SMILES string of the molecule is FC(F)(F)COC1OC1c1ccccc1. The Hall–Kier alpha value is -1.07. The van der Waals surface area contributed by atoms with Crippen LogP contribution in [-0.4, -0.2) is 19.1 Å². The molecule has 1 aromatic carbocycles. The molecular formula is C10H9F3O2. The zero-order valence-corrected chi connectivity index (χ0v) is 7.70. The summed E-state index contributed by atoms with van der Waals surface area (Å²) < 4.78 is 44.9. The van der Waals surface area contributed by atoms with E-state index in [0.29, 0.717) is 0 Å². The number of benzene rings is 1. The molecule has 0 spiro atoms. The van der Waals surface area contributed by atoms with Crippen LogP contribution in [0.4, 0.5) is 13.2 Å². The molecule has 2 nitrogen and oxygen atoms in total. The molecule has 0 N–H and O–H groups in total. The lowest BCUT2D eigenvalue weighted by Crippen LogP contribution is -2.18. The van der Waals surface area contributed by atoms with E-state index in [-0.39, 0.29) is 6.10 Å². The molecule has 5 heteroatoms. The lowest BCUT2D eigenvalue weighted by Gasteiger charge is -2.04. The first-order valence-corrected chi connectivity index (χ1v) is 4.45. The average Bonchev–Trinajstić information content (AvgIpc) is 2.94. The quantitative estimate of drug-likeness (QED) is 0.727. The Kier molecular flexibility index (Phi) is 2.67. The van der Waals surface area contributed by atoms with E-state index in [0.717, 1.165) is 5.56 Å². The topological polar surface area (TPSA) is 21.8 Å². The zero-order valence-electron chi connectivity index (χ0n) is 7.70. The molecule has 2 rings (SSSR count). The predicted octanol–water partition coefficient (Wildman–Crippen LogP) is 2.66. The predicted molar refractivity (Wildman–Crippen MR) is 46.1 cm³/mol. The summed E-state index contributed by atoms with van der Waals surface area (Å²) in [5, 5.41) is 0. The normalized spacial score (nSPS) is 25.3. The van der Waals surface area contributed by atoms with Crippen LogP contribution in [0.3, 0.4) is 0 Å². The van der Waals surface area contributed by atoms with Gasteiger partial charge in [0.25, 0.3) is 0 Å². The summed E-state index contributed by atoms with van der Waals surface area (Å²) in [6.07, 6.45) is -5.41. The molecule has 1 heterocycles. The van der Waals surface area contributed by atoms with E-state index < -0.39 is 19.1 Å². The number of alkyl halides is 3. The smallest absolute Gasteiger partial charge is 0.340 e. The summed E-state index contributed by atoms with van der Waals surface area (Å²) in [4.78, 5) is 0. The largest absolute Gasteiger partial charge is 0.411 e. The summed E-state index contributed by atoms with van der Waals surface area (Å²) in [5.41, 5.74) is 0.838. The van der Waals surface area contributed by atoms with Gasteiger partial charge < -0.3 is 9.47 Å². The minimum absolute atomic E-state index is 0.353. The lowest BCUT2D eigenvalue weighted by atomic mass is 10.2. The van der Waals surface area contributed by atoms with Gasteiger partial charge in [0, 0.05) is 0 Å². The van der Waals surface area contributed by atoms with Crippen LogP contribution in [0.15, 0.2) is 30.3 Å². The number of hydrogen-bond acceptors (Lipinski definition) is 2. The lowest BCUT2D eigenvalue weighted by molar-refractivity contribution is -0.184. The highest BCUT2D eigenvalue weighted by molar-refractivity contribution is 5.21. The molecule has 15 heavy (non-hydrogen) atoms. The number of hydrogen-bond donors (Lipinski definition) is 0. The van der Waals surface area contributed by atoms with Gasteiger partial charge in [0.2, 0.25) is 0 Å². The molecule has 0 bridgehead atoms. The highest BCUT2D eigenvalue weighted by Crippen LogP contribution is 2.39. The van der Waals surface area contributed by atoms with Crippen molar-refractivity contribution in [1.82, 2.24) is 0 Å². The second-order valence-corrected chi connectivity index (χ2v) is 3.26. The number of ether oxygens (including phenoxy) is 2. The summed E-state index contributed by atoms with van der Waals surface area (Å²) in [6, 6.07) is 9.02. The third-order valence-corrected chi connectivity index (χ3v) is 1.99. The molecular weight excluding hydrogens is 209 g/mol. The van der Waals surface area contributed by atoms with Crippen molar-refractivity contribution in [3.05, 3.63) is 35.9 Å². The van der Waals surface area contributed by atoms with E-state index in [1.807, 2.05) is 6.07 Å². The van der Waals surface area contributed by atoms with Gasteiger partial charge in [0.1, 0.15) is 12.7 Å². The Labute approximate surface area is 84.6 Å². The maximum absolute atomic E-state index is 11.8. The monoisotopic (exact) mass is 218 g/mol. The second-order valence-electron chi connectivity index (χ2n) is 3.26. The first-order valence-electron chi connectivity index (χ1n) is 4.45. The first kappa shape index (κ1) is 10.4. The van der Waals surface area contributed by atoms with Crippen molar-refractivity contribution in [2.45, 2.75) is 18.6 Å². The molecule has 0 aromatic heterocycles. The molecule has 1 saturated heterocycles. The van der Waals surface area contributed by atoms with Gasteiger partial charge in [-0.2, -0.15) is 13.2 Å². The molecule has 1 aromatic rings. The molecule has 2 unspecified atom stereocenters. The van der Waals surface area contributed by atoms with Crippen molar-refractivity contribution < 1.29 is 22.6 Å². The first-order chi connectivity index (χ1) is 7.06. The maximum atomic E-state index is 11.8. The average molecular weight is 218 g/mol. The second kappa shape index (κ2) is 3.83. The number of rotatable bonds is 3. The molecule has 0 amide bonds. The minimum atomic E-state index is -4.30. The fourth-order valence-electron chi connectivity index (χ4n) is 1.28. The van der Waals surface area contributed by atoms with Crippen LogP contribution in [0.5, 0.6) is 0 Å². The van der Waals surface area contributed by atoms with Crippen molar-refractivity contribution in [2.75, 3.05) is 6.61 Å². The summed E-state index contributed by atoms with van der Waals surface area (Å²) in [5.74, 6) is 0. The highest BCUT2D eigenvalue weighted by atomic mass is 19.4. The standard InChI is InChI=1S/C10H9F3O2/c11-10(12,13)6-14-9-8(15-9)7-4-2-1-3-5-7/h1-5,8-9H,6H2. The summed E-state index contributed by atoms with van der Waals surface area (Å²) >= 11 is 0. The fraction of sp³-hybridized carbons (Fsp3) is 0.400. The Morgan fingerprint density at radius 1 is 1.20 bits per heavy atom. The number of epoxide rings is 1. The molecule has 1 aliphatic heterocycles. The van der Waals surface area contributed by atoms with Crippen LogP contribution >= 0.6 is 0 Å². The van der Waals surface area contributed by atoms with E-state index in [2.05, 4.69) is 4.74 Å². The Bertz CT molecular complexity index is 323. The van der Waals surface area contributed by atoms with Crippen LogP contribution < -0.4 is 0 Å². The van der Waals surface area contributed by atoms with E-state index in [1.165, 1.54) is 0 Å². The van der Waals surface area contributed by atoms with Crippen molar-refractivity contribution in [1.29, 1.82) is 0 Å². The highest BCUT2D eigenvalue weighted by Gasteiger charge is 2.43. The van der Waals surface area contributed by atoms with Gasteiger partial charge in [0.05, 0.1) is 0 Å². The maximum Gasteiger partial charge on any atom is 0.411 e.